The Balaban J connectivity index is 1.06. The number of imidazole rings is 1. The van der Waals surface area contributed by atoms with E-state index in [9.17, 15) is 9.59 Å². The van der Waals surface area contributed by atoms with Crippen molar-refractivity contribution in [3.63, 3.8) is 0 Å². The van der Waals surface area contributed by atoms with Gasteiger partial charge >= 0.3 is 0 Å². The largest absolute Gasteiger partial charge is 0.444 e. The number of furan rings is 1. The maximum Gasteiger partial charge on any atom is 0.289 e. The summed E-state index contributed by atoms with van der Waals surface area (Å²) >= 11 is 4.72. The molecule has 0 bridgehead atoms. The molecule has 2 amide bonds. The number of rotatable bonds is 6. The van der Waals surface area contributed by atoms with Crippen LogP contribution in [0.15, 0.2) is 55.5 Å². The highest BCUT2D eigenvalue weighted by Gasteiger charge is 2.25. The fraction of sp³-hybridized carbons (Fsp3) is 0.348. The Labute approximate surface area is 198 Å². The van der Waals surface area contributed by atoms with Crippen molar-refractivity contribution in [2.45, 2.75) is 30.7 Å². The standard InChI is InChI=1S/C23H23BrN4O3S/c24-19-7-6-17(31-19)23(30)27-11-8-15(9-12-27)3-2-10-25-22(29)18-13-16-14-26-20-4-1-5-21(32-18)28(16)20/h1,4-7,13-15H,2-3,8-12H2,(H,25,29). The summed E-state index contributed by atoms with van der Waals surface area (Å²) in [5.74, 6) is 0.878. The predicted octanol–water partition coefficient (Wildman–Crippen LogP) is 4.59. The van der Waals surface area contributed by atoms with Crippen molar-refractivity contribution in [3.8, 4) is 0 Å². The van der Waals surface area contributed by atoms with Crippen LogP contribution >= 0.6 is 27.7 Å². The van der Waals surface area contributed by atoms with Gasteiger partial charge in [0.05, 0.1) is 21.8 Å². The number of nitrogens with zero attached hydrogens (tertiary/aromatic N) is 3. The molecule has 0 unspecified atom stereocenters. The van der Waals surface area contributed by atoms with Gasteiger partial charge in [-0.15, -0.1) is 0 Å². The monoisotopic (exact) mass is 514 g/mol. The highest BCUT2D eigenvalue weighted by molar-refractivity contribution is 9.10. The number of aromatic nitrogens is 2. The van der Waals surface area contributed by atoms with E-state index in [1.807, 2.05) is 29.2 Å². The zero-order chi connectivity index (χ0) is 22.1. The molecule has 0 atom stereocenters. The van der Waals surface area contributed by atoms with Gasteiger partial charge in [-0.25, -0.2) is 4.98 Å². The molecule has 0 aliphatic carbocycles. The molecule has 3 aromatic rings. The minimum absolute atomic E-state index is 0.0375. The quantitative estimate of drug-likeness (QED) is 0.486. The van der Waals surface area contributed by atoms with Crippen LogP contribution in [-0.4, -0.2) is 45.7 Å². The number of halogens is 1. The van der Waals surface area contributed by atoms with Crippen LogP contribution in [0.4, 0.5) is 0 Å². The fourth-order valence-electron chi connectivity index (χ4n) is 4.29. The van der Waals surface area contributed by atoms with Crippen molar-refractivity contribution in [3.05, 3.63) is 57.6 Å². The Morgan fingerprint density at radius 2 is 2.06 bits per heavy atom. The maximum absolute atomic E-state index is 12.7. The van der Waals surface area contributed by atoms with Gasteiger partial charge in [0.1, 0.15) is 5.65 Å². The minimum Gasteiger partial charge on any atom is -0.444 e. The number of piperidine rings is 1. The molecule has 2 aliphatic heterocycles. The highest BCUT2D eigenvalue weighted by Crippen LogP contribution is 2.34. The van der Waals surface area contributed by atoms with Crippen molar-refractivity contribution in [2.75, 3.05) is 19.6 Å². The first-order valence-electron chi connectivity index (χ1n) is 10.8. The maximum atomic E-state index is 12.7. The van der Waals surface area contributed by atoms with E-state index in [4.69, 9.17) is 4.42 Å². The van der Waals surface area contributed by atoms with Gasteiger partial charge in [0.15, 0.2) is 10.4 Å². The Bertz CT molecular complexity index is 1190. The molecule has 1 saturated heterocycles. The van der Waals surface area contributed by atoms with Gasteiger partial charge in [0, 0.05) is 19.6 Å². The summed E-state index contributed by atoms with van der Waals surface area (Å²) in [6, 6.07) is 9.37. The molecule has 5 rings (SSSR count). The molecule has 0 radical (unpaired) electrons. The average Bonchev–Trinajstić information content (AvgIpc) is 3.44. The Hall–Kier alpha value is -2.52. The van der Waals surface area contributed by atoms with E-state index in [0.717, 1.165) is 55.1 Å². The lowest BCUT2D eigenvalue weighted by atomic mass is 9.92. The van der Waals surface area contributed by atoms with Crippen molar-refractivity contribution in [1.29, 1.82) is 0 Å². The molecule has 7 nitrogen and oxygen atoms in total. The lowest BCUT2D eigenvalue weighted by Crippen LogP contribution is -2.38. The third kappa shape index (κ3) is 4.36. The van der Waals surface area contributed by atoms with E-state index < -0.39 is 0 Å². The number of carbonyl (C=O) groups is 2. The second-order valence-electron chi connectivity index (χ2n) is 8.09. The summed E-state index contributed by atoms with van der Waals surface area (Å²) < 4.78 is 8.01. The first-order chi connectivity index (χ1) is 15.6. The lowest BCUT2D eigenvalue weighted by molar-refractivity contribution is -0.116. The van der Waals surface area contributed by atoms with Crippen molar-refractivity contribution >= 4 is 51.2 Å². The van der Waals surface area contributed by atoms with Gasteiger partial charge in [-0.05, 0) is 77.9 Å². The number of amides is 2. The van der Waals surface area contributed by atoms with Gasteiger partial charge in [-0.3, -0.25) is 14.0 Å². The van der Waals surface area contributed by atoms with Crippen molar-refractivity contribution in [2.24, 2.45) is 5.92 Å². The Kier molecular flexibility index (Phi) is 6.10. The first kappa shape index (κ1) is 21.3. The van der Waals surface area contributed by atoms with Crippen LogP contribution in [0.5, 0.6) is 0 Å². The summed E-state index contributed by atoms with van der Waals surface area (Å²) in [4.78, 5) is 32.1. The lowest BCUT2D eigenvalue weighted by Gasteiger charge is -2.31. The minimum atomic E-state index is -0.0447. The third-order valence-electron chi connectivity index (χ3n) is 6.00. The molecule has 0 saturated carbocycles. The van der Waals surface area contributed by atoms with Crippen LogP contribution in [0.3, 0.4) is 0 Å². The molecule has 0 spiro atoms. The third-order valence-corrected chi connectivity index (χ3v) is 7.48. The predicted molar refractivity (Wildman–Crippen MR) is 126 cm³/mol. The van der Waals surface area contributed by atoms with Crippen LogP contribution in [0.25, 0.3) is 11.7 Å². The summed E-state index contributed by atoms with van der Waals surface area (Å²) in [5.41, 5.74) is 1.83. The van der Waals surface area contributed by atoms with Crippen LogP contribution in [-0.2, 0) is 4.79 Å². The zero-order valence-corrected chi connectivity index (χ0v) is 19.8. The number of pyridine rings is 1. The van der Waals surface area contributed by atoms with Crippen LogP contribution in [0, 0.1) is 5.92 Å². The normalized spacial score (nSPS) is 16.3. The highest BCUT2D eigenvalue weighted by atomic mass is 79.9. The molecule has 166 valence electrons. The van der Waals surface area contributed by atoms with E-state index in [2.05, 4.69) is 30.6 Å². The van der Waals surface area contributed by atoms with E-state index in [1.165, 1.54) is 11.8 Å². The molecule has 1 fully saturated rings. The Morgan fingerprint density at radius 1 is 1.22 bits per heavy atom. The second kappa shape index (κ2) is 9.15. The van der Waals surface area contributed by atoms with Gasteiger partial charge in [-0.2, -0.15) is 0 Å². The molecule has 0 aromatic carbocycles. The van der Waals surface area contributed by atoms with E-state index in [-0.39, 0.29) is 11.8 Å². The summed E-state index contributed by atoms with van der Waals surface area (Å²) in [6.07, 6.45) is 7.64. The zero-order valence-electron chi connectivity index (χ0n) is 17.4. The summed E-state index contributed by atoms with van der Waals surface area (Å²) in [5, 5.41) is 4.06. The number of nitrogens with one attached hydrogen (secondary N) is 1. The van der Waals surface area contributed by atoms with E-state index >= 15 is 0 Å². The summed E-state index contributed by atoms with van der Waals surface area (Å²) in [7, 11) is 0. The molecule has 9 heteroatoms. The van der Waals surface area contributed by atoms with Crippen LogP contribution in [0.1, 0.15) is 41.9 Å². The molecular formula is C23H23BrN4O3S. The number of thioether (sulfide) groups is 1. The molecule has 32 heavy (non-hydrogen) atoms. The smallest absolute Gasteiger partial charge is 0.289 e. The SMILES string of the molecule is O=C(NCCCC1CCN(C(=O)c2ccc(Br)o2)CC1)C1=Cc2cnc3cccc(n23)S1. The number of carbonyl (C=O) groups excluding carboxylic acids is 2. The van der Waals surface area contributed by atoms with Crippen molar-refractivity contribution in [1.82, 2.24) is 19.6 Å². The van der Waals surface area contributed by atoms with Crippen LogP contribution in [0.2, 0.25) is 0 Å². The first-order valence-corrected chi connectivity index (χ1v) is 12.4. The van der Waals surface area contributed by atoms with Gasteiger partial charge in [-0.1, -0.05) is 17.8 Å². The van der Waals surface area contributed by atoms with Crippen molar-refractivity contribution < 1.29 is 14.0 Å². The second-order valence-corrected chi connectivity index (χ2v) is 9.93. The molecule has 1 N–H and O–H groups in total. The van der Waals surface area contributed by atoms with Crippen LogP contribution < -0.4 is 5.32 Å². The molecular weight excluding hydrogens is 492 g/mol. The summed E-state index contributed by atoms with van der Waals surface area (Å²) in [6.45, 7) is 2.15. The van der Waals surface area contributed by atoms with E-state index in [1.54, 1.807) is 18.3 Å². The van der Waals surface area contributed by atoms with Gasteiger partial charge in [0.2, 0.25) is 0 Å². The molecule has 2 aliphatic rings. The Morgan fingerprint density at radius 3 is 2.84 bits per heavy atom. The van der Waals surface area contributed by atoms with Gasteiger partial charge in [0.25, 0.3) is 11.8 Å². The number of hydrogen-bond acceptors (Lipinski definition) is 5. The molecule has 3 aromatic heterocycles. The number of hydrogen-bond donors (Lipinski definition) is 1. The number of likely N-dealkylation sites (tertiary alicyclic amines) is 1. The molecule has 5 heterocycles. The topological polar surface area (TPSA) is 79.8 Å². The average molecular weight is 515 g/mol. The fourth-order valence-corrected chi connectivity index (χ4v) is 5.60. The van der Waals surface area contributed by atoms with E-state index in [0.29, 0.717) is 27.8 Å². The van der Waals surface area contributed by atoms with Gasteiger partial charge < -0.3 is 14.6 Å².